The van der Waals surface area contributed by atoms with E-state index >= 15 is 0 Å². The molecular weight excluding hydrogens is 543 g/mol. The summed E-state index contributed by atoms with van der Waals surface area (Å²) in [5, 5.41) is 10.2. The highest BCUT2D eigenvalue weighted by Crippen LogP contribution is 2.40. The summed E-state index contributed by atoms with van der Waals surface area (Å²) < 4.78 is 8.79. The van der Waals surface area contributed by atoms with Gasteiger partial charge < -0.3 is 19.2 Å². The molecule has 3 rings (SSSR count). The van der Waals surface area contributed by atoms with Crippen molar-refractivity contribution in [3.05, 3.63) is 46.8 Å². The van der Waals surface area contributed by atoms with Crippen LogP contribution in [0.3, 0.4) is 0 Å². The lowest BCUT2D eigenvalue weighted by molar-refractivity contribution is 0.293. The Morgan fingerprint density at radius 1 is 0.895 bits per heavy atom. The minimum absolute atomic E-state index is 0.0139. The van der Waals surface area contributed by atoms with Crippen molar-refractivity contribution in [3.8, 4) is 5.06 Å². The lowest BCUT2D eigenvalue weighted by Crippen LogP contribution is -2.43. The van der Waals surface area contributed by atoms with Crippen LogP contribution >= 0.6 is 22.7 Å². The van der Waals surface area contributed by atoms with Gasteiger partial charge in [-0.15, -0.1) is 11.3 Å². The number of benzene rings is 1. The largest absolute Gasteiger partial charge is 0.499 e. The van der Waals surface area contributed by atoms with E-state index < -0.39 is 16.6 Å². The standard InChI is InChI=1S/C30H47NO3S2Si2/c1-29(2,3)38(8,9)34-20-19-31(18-10-17-30(4,5)37(6,7)33)24-14-11-23(12-15-24)13-16-25-21-26-27(35-25)22-28(32)36-26/h11-16,21-22,32-33H,10,17-20H2,1-9H3/b16-13+. The molecule has 2 heterocycles. The molecule has 0 atom stereocenters. The molecule has 2 aromatic heterocycles. The summed E-state index contributed by atoms with van der Waals surface area (Å²) in [7, 11) is -4.01. The van der Waals surface area contributed by atoms with Crippen LogP contribution in [0.5, 0.6) is 5.06 Å². The summed E-state index contributed by atoms with van der Waals surface area (Å²) in [6, 6.07) is 12.8. The highest BCUT2D eigenvalue weighted by atomic mass is 32.1. The van der Waals surface area contributed by atoms with E-state index in [9.17, 15) is 9.90 Å². The molecular formula is C30H47NO3S2Si2. The summed E-state index contributed by atoms with van der Waals surface area (Å²) >= 11 is 3.13. The zero-order valence-corrected chi connectivity index (χ0v) is 28.4. The number of aromatic hydroxyl groups is 1. The number of rotatable bonds is 12. The number of hydrogen-bond donors (Lipinski definition) is 2. The van der Waals surface area contributed by atoms with Crippen molar-refractivity contribution < 1.29 is 14.3 Å². The second kappa shape index (κ2) is 12.0. The number of anilines is 1. The van der Waals surface area contributed by atoms with Crippen molar-refractivity contribution in [1.82, 2.24) is 0 Å². The highest BCUT2D eigenvalue weighted by molar-refractivity contribution is 7.29. The fourth-order valence-electron chi connectivity index (χ4n) is 3.91. The Morgan fingerprint density at radius 2 is 1.53 bits per heavy atom. The Morgan fingerprint density at radius 3 is 2.11 bits per heavy atom. The monoisotopic (exact) mass is 589 g/mol. The zero-order valence-electron chi connectivity index (χ0n) is 24.7. The molecule has 0 aliphatic heterocycles. The van der Waals surface area contributed by atoms with Crippen LogP contribution in [0.2, 0.25) is 36.3 Å². The topological polar surface area (TPSA) is 52.9 Å². The van der Waals surface area contributed by atoms with Gasteiger partial charge in [0, 0.05) is 39.1 Å². The predicted molar refractivity (Wildman–Crippen MR) is 175 cm³/mol. The third-order valence-electron chi connectivity index (χ3n) is 8.43. The first-order chi connectivity index (χ1) is 17.5. The SMILES string of the molecule is CC(C)(CCCN(CCO[Si](C)(C)C(C)(C)C)c1ccc(/C=C/c2cc3sc(O)cc3s2)cc1)[Si](C)(C)O. The van der Waals surface area contributed by atoms with Crippen molar-refractivity contribution >= 4 is 66.5 Å². The van der Waals surface area contributed by atoms with Gasteiger partial charge in [0.2, 0.25) is 0 Å². The molecule has 0 radical (unpaired) electrons. The molecule has 38 heavy (non-hydrogen) atoms. The van der Waals surface area contributed by atoms with Crippen molar-refractivity contribution in [2.75, 3.05) is 24.6 Å². The average Bonchev–Trinajstić information content (AvgIpc) is 3.32. The molecule has 210 valence electrons. The summed E-state index contributed by atoms with van der Waals surface area (Å²) in [6.07, 6.45) is 6.35. The van der Waals surface area contributed by atoms with Gasteiger partial charge in [-0.25, -0.2) is 0 Å². The molecule has 0 bridgehead atoms. The Bertz CT molecular complexity index is 1150. The molecule has 0 aliphatic rings. The van der Waals surface area contributed by atoms with E-state index in [4.69, 9.17) is 4.43 Å². The first kappa shape index (κ1) is 31.1. The van der Waals surface area contributed by atoms with Gasteiger partial charge in [-0.2, -0.15) is 0 Å². The van der Waals surface area contributed by atoms with Crippen LogP contribution in [-0.2, 0) is 4.43 Å². The molecule has 0 fully saturated rings. The summed E-state index contributed by atoms with van der Waals surface area (Å²) in [6.45, 7) is 22.6. The van der Waals surface area contributed by atoms with Gasteiger partial charge in [-0.3, -0.25) is 0 Å². The molecule has 0 unspecified atom stereocenters. The lowest BCUT2D eigenvalue weighted by atomic mass is 10.1. The second-order valence-electron chi connectivity index (χ2n) is 13.0. The van der Waals surface area contributed by atoms with Crippen LogP contribution in [0.4, 0.5) is 5.69 Å². The second-order valence-corrected chi connectivity index (χ2v) is 24.5. The van der Waals surface area contributed by atoms with Crippen molar-refractivity contribution in [2.24, 2.45) is 0 Å². The maximum absolute atomic E-state index is 10.7. The van der Waals surface area contributed by atoms with Crippen molar-refractivity contribution in [1.29, 1.82) is 0 Å². The molecule has 1 aromatic carbocycles. The molecule has 0 spiro atoms. The molecule has 4 nitrogen and oxygen atoms in total. The molecule has 0 saturated heterocycles. The lowest BCUT2D eigenvalue weighted by Gasteiger charge is -2.38. The van der Waals surface area contributed by atoms with Crippen molar-refractivity contribution in [3.63, 3.8) is 0 Å². The maximum atomic E-state index is 10.7. The number of thiophene rings is 2. The zero-order chi connectivity index (χ0) is 28.4. The van der Waals surface area contributed by atoms with Gasteiger partial charge in [0.1, 0.15) is 0 Å². The Hall–Kier alpha value is -1.43. The molecule has 3 aromatic rings. The average molecular weight is 590 g/mol. The number of fused-ring (bicyclic) bond motifs is 1. The normalized spacial score (nSPS) is 13.6. The maximum Gasteiger partial charge on any atom is 0.192 e. The molecule has 2 N–H and O–H groups in total. The fraction of sp³-hybridized carbons (Fsp3) is 0.533. The van der Waals surface area contributed by atoms with Gasteiger partial charge >= 0.3 is 0 Å². The van der Waals surface area contributed by atoms with Crippen LogP contribution in [0.15, 0.2) is 36.4 Å². The van der Waals surface area contributed by atoms with E-state index in [0.29, 0.717) is 5.06 Å². The first-order valence-electron chi connectivity index (χ1n) is 13.6. The molecule has 0 amide bonds. The van der Waals surface area contributed by atoms with Crippen LogP contribution in [0.1, 0.15) is 57.9 Å². The predicted octanol–water partition coefficient (Wildman–Crippen LogP) is 9.42. The van der Waals surface area contributed by atoms with E-state index in [0.717, 1.165) is 41.9 Å². The van der Waals surface area contributed by atoms with Crippen LogP contribution < -0.4 is 4.90 Å². The van der Waals surface area contributed by atoms with Gasteiger partial charge in [0.15, 0.2) is 21.7 Å². The van der Waals surface area contributed by atoms with E-state index in [1.807, 2.05) is 19.2 Å². The summed E-state index contributed by atoms with van der Waals surface area (Å²) in [5.74, 6) is 0. The fourth-order valence-corrected chi connectivity index (χ4v) is 7.78. The van der Waals surface area contributed by atoms with E-state index in [2.05, 4.69) is 95.1 Å². The third kappa shape index (κ3) is 8.05. The van der Waals surface area contributed by atoms with Gasteiger partial charge in [-0.1, -0.05) is 64.2 Å². The Balaban J connectivity index is 1.69. The van der Waals surface area contributed by atoms with Crippen LogP contribution in [0, 0.1) is 0 Å². The smallest absolute Gasteiger partial charge is 0.192 e. The van der Waals surface area contributed by atoms with Crippen molar-refractivity contribution in [2.45, 2.75) is 83.7 Å². The van der Waals surface area contributed by atoms with Crippen LogP contribution in [-0.4, -0.2) is 46.2 Å². The summed E-state index contributed by atoms with van der Waals surface area (Å²) in [5.41, 5.74) is 2.38. The number of nitrogens with zero attached hydrogens (tertiary/aromatic N) is 1. The van der Waals surface area contributed by atoms with E-state index in [-0.39, 0.29) is 10.1 Å². The quantitative estimate of drug-likeness (QED) is 0.207. The van der Waals surface area contributed by atoms with E-state index in [1.54, 1.807) is 11.3 Å². The minimum atomic E-state index is -2.22. The first-order valence-corrected chi connectivity index (χ1v) is 21.1. The third-order valence-corrected chi connectivity index (χ3v) is 18.6. The molecule has 8 heteroatoms. The highest BCUT2D eigenvalue weighted by Gasteiger charge is 2.38. The van der Waals surface area contributed by atoms with Crippen LogP contribution in [0.25, 0.3) is 21.6 Å². The van der Waals surface area contributed by atoms with Gasteiger partial charge in [0.05, 0.1) is 6.61 Å². The Kier molecular flexibility index (Phi) is 9.81. The summed E-state index contributed by atoms with van der Waals surface area (Å²) in [4.78, 5) is 14.4. The van der Waals surface area contributed by atoms with E-state index in [1.165, 1.54) is 27.5 Å². The number of hydrogen-bond acceptors (Lipinski definition) is 6. The molecule has 0 aliphatic carbocycles. The van der Waals surface area contributed by atoms with Gasteiger partial charge in [0.25, 0.3) is 0 Å². The van der Waals surface area contributed by atoms with Gasteiger partial charge in [-0.05, 0) is 78.9 Å². The Labute approximate surface area is 240 Å². The molecule has 0 saturated carbocycles. The minimum Gasteiger partial charge on any atom is -0.499 e.